The van der Waals surface area contributed by atoms with Crippen LogP contribution in [-0.2, 0) is 4.79 Å². The molecule has 0 spiro atoms. The average Bonchev–Trinajstić information content (AvgIpc) is 2.94. The Morgan fingerprint density at radius 3 is 3.00 bits per heavy atom. The smallest absolute Gasteiger partial charge is 0.229 e. The lowest BCUT2D eigenvalue weighted by atomic mass is 10.0. The zero-order valence-electron chi connectivity index (χ0n) is 12.2. The Bertz CT molecular complexity index is 562. The number of nitrogens with zero attached hydrogens (tertiary/aromatic N) is 3. The van der Waals surface area contributed by atoms with Gasteiger partial charge in [-0.2, -0.15) is 4.98 Å². The van der Waals surface area contributed by atoms with Crippen molar-refractivity contribution >= 4 is 5.91 Å². The van der Waals surface area contributed by atoms with Gasteiger partial charge in [-0.05, 0) is 44.4 Å². The molecule has 2 fully saturated rings. The minimum absolute atomic E-state index is 0.0270. The van der Waals surface area contributed by atoms with Gasteiger partial charge in [-0.15, -0.1) is 0 Å². The van der Waals surface area contributed by atoms with E-state index in [0.29, 0.717) is 24.1 Å². The fraction of sp³-hybridized carbons (Fsp3) is 0.688. The normalized spacial score (nSPS) is 28.5. The molecule has 2 atom stereocenters. The fourth-order valence-electron chi connectivity index (χ4n) is 3.42. The monoisotopic (exact) mass is 287 g/mol. The van der Waals surface area contributed by atoms with Gasteiger partial charge in [-0.1, -0.05) is 17.3 Å². The SMILES string of the molecule is O=C(C[C@H]1C=CCC1)N1CCC[C@H]1c1noc(C2CC2)n1. The van der Waals surface area contributed by atoms with E-state index in [4.69, 9.17) is 4.52 Å². The maximum atomic E-state index is 12.5. The number of carbonyl (C=O) groups excluding carboxylic acids is 1. The van der Waals surface area contributed by atoms with E-state index in [1.165, 1.54) is 0 Å². The third-order valence-corrected chi connectivity index (χ3v) is 4.80. The Kier molecular flexibility index (Phi) is 3.28. The standard InChI is InChI=1S/C16H21N3O2/c20-14(10-11-4-1-2-5-11)19-9-3-6-13(19)15-17-16(21-18-15)12-7-8-12/h1,4,11-13H,2-3,5-10H2/t11-,13-/m0/s1. The highest BCUT2D eigenvalue weighted by molar-refractivity contribution is 5.77. The number of carbonyl (C=O) groups is 1. The second-order valence-corrected chi connectivity index (χ2v) is 6.48. The maximum Gasteiger partial charge on any atom is 0.229 e. The lowest BCUT2D eigenvalue weighted by Crippen LogP contribution is -2.32. The van der Waals surface area contributed by atoms with E-state index in [1.807, 2.05) is 4.90 Å². The highest BCUT2D eigenvalue weighted by atomic mass is 16.5. The van der Waals surface area contributed by atoms with Crippen LogP contribution in [0.3, 0.4) is 0 Å². The quantitative estimate of drug-likeness (QED) is 0.799. The van der Waals surface area contributed by atoms with E-state index in [0.717, 1.165) is 51.0 Å². The number of hydrogen-bond donors (Lipinski definition) is 0. The van der Waals surface area contributed by atoms with Gasteiger partial charge in [0.2, 0.25) is 11.8 Å². The first-order valence-electron chi connectivity index (χ1n) is 8.11. The van der Waals surface area contributed by atoms with Crippen molar-refractivity contribution in [3.8, 4) is 0 Å². The van der Waals surface area contributed by atoms with E-state index >= 15 is 0 Å². The summed E-state index contributed by atoms with van der Waals surface area (Å²) in [4.78, 5) is 19.0. The predicted molar refractivity (Wildman–Crippen MR) is 76.4 cm³/mol. The first-order chi connectivity index (χ1) is 10.3. The number of allylic oxidation sites excluding steroid dienone is 2. The van der Waals surface area contributed by atoms with Crippen LogP contribution in [0.2, 0.25) is 0 Å². The predicted octanol–water partition coefficient (Wildman–Crippen LogP) is 2.97. The minimum Gasteiger partial charge on any atom is -0.339 e. The molecule has 0 radical (unpaired) electrons. The Morgan fingerprint density at radius 2 is 2.24 bits per heavy atom. The number of aromatic nitrogens is 2. The molecule has 5 nitrogen and oxygen atoms in total. The molecule has 1 aliphatic heterocycles. The summed E-state index contributed by atoms with van der Waals surface area (Å²) in [6.07, 6.45) is 11.5. The van der Waals surface area contributed by atoms with E-state index in [-0.39, 0.29) is 11.9 Å². The van der Waals surface area contributed by atoms with E-state index in [1.54, 1.807) is 0 Å². The zero-order valence-corrected chi connectivity index (χ0v) is 12.2. The Balaban J connectivity index is 1.45. The van der Waals surface area contributed by atoms with Crippen LogP contribution in [0, 0.1) is 5.92 Å². The van der Waals surface area contributed by atoms with Crippen LogP contribution in [0.25, 0.3) is 0 Å². The molecule has 2 aliphatic carbocycles. The van der Waals surface area contributed by atoms with Crippen LogP contribution >= 0.6 is 0 Å². The summed E-state index contributed by atoms with van der Waals surface area (Å²) in [6.45, 7) is 0.827. The molecule has 1 aromatic rings. The van der Waals surface area contributed by atoms with Crippen molar-refractivity contribution < 1.29 is 9.32 Å². The molecule has 4 rings (SSSR count). The molecular weight excluding hydrogens is 266 g/mol. The van der Waals surface area contributed by atoms with Crippen molar-refractivity contribution in [2.75, 3.05) is 6.54 Å². The van der Waals surface area contributed by atoms with Crippen LogP contribution < -0.4 is 0 Å². The van der Waals surface area contributed by atoms with Gasteiger partial charge in [0.25, 0.3) is 0 Å². The third-order valence-electron chi connectivity index (χ3n) is 4.80. The number of likely N-dealkylation sites (tertiary alicyclic amines) is 1. The molecule has 1 saturated heterocycles. The Labute approximate surface area is 124 Å². The van der Waals surface area contributed by atoms with Gasteiger partial charge in [-0.3, -0.25) is 4.79 Å². The van der Waals surface area contributed by atoms with Gasteiger partial charge in [0.15, 0.2) is 5.82 Å². The van der Waals surface area contributed by atoms with Gasteiger partial charge in [-0.25, -0.2) is 0 Å². The molecule has 1 aromatic heterocycles. The van der Waals surface area contributed by atoms with Crippen LogP contribution in [0.1, 0.15) is 68.6 Å². The first-order valence-corrected chi connectivity index (χ1v) is 8.11. The summed E-state index contributed by atoms with van der Waals surface area (Å²) in [5.74, 6) is 2.62. The molecule has 0 unspecified atom stereocenters. The van der Waals surface area contributed by atoms with Gasteiger partial charge in [0.05, 0.1) is 6.04 Å². The Morgan fingerprint density at radius 1 is 1.33 bits per heavy atom. The summed E-state index contributed by atoms with van der Waals surface area (Å²) >= 11 is 0. The first kappa shape index (κ1) is 13.0. The summed E-state index contributed by atoms with van der Waals surface area (Å²) in [5, 5.41) is 4.13. The van der Waals surface area contributed by atoms with Crippen LogP contribution in [0.4, 0.5) is 0 Å². The van der Waals surface area contributed by atoms with Crippen molar-refractivity contribution in [1.29, 1.82) is 0 Å². The van der Waals surface area contributed by atoms with Crippen molar-refractivity contribution in [3.63, 3.8) is 0 Å². The molecule has 21 heavy (non-hydrogen) atoms. The summed E-state index contributed by atoms with van der Waals surface area (Å²) in [6, 6.07) is 0.0270. The molecule has 5 heteroatoms. The second kappa shape index (κ2) is 5.28. The highest BCUT2D eigenvalue weighted by Crippen LogP contribution is 2.40. The lowest BCUT2D eigenvalue weighted by Gasteiger charge is -2.23. The topological polar surface area (TPSA) is 59.2 Å². The highest BCUT2D eigenvalue weighted by Gasteiger charge is 2.36. The number of amides is 1. The molecule has 3 aliphatic rings. The maximum absolute atomic E-state index is 12.5. The van der Waals surface area contributed by atoms with Crippen LogP contribution in [-0.4, -0.2) is 27.5 Å². The van der Waals surface area contributed by atoms with Gasteiger partial charge < -0.3 is 9.42 Å². The van der Waals surface area contributed by atoms with E-state index in [9.17, 15) is 4.79 Å². The van der Waals surface area contributed by atoms with Crippen molar-refractivity contribution in [2.45, 2.75) is 56.9 Å². The number of hydrogen-bond acceptors (Lipinski definition) is 4. The molecular formula is C16H21N3O2. The molecule has 0 N–H and O–H groups in total. The Hall–Kier alpha value is -1.65. The zero-order chi connectivity index (χ0) is 14.2. The minimum atomic E-state index is 0.0270. The van der Waals surface area contributed by atoms with Crippen LogP contribution in [0.5, 0.6) is 0 Å². The molecule has 112 valence electrons. The summed E-state index contributed by atoms with van der Waals surface area (Å²) < 4.78 is 5.35. The lowest BCUT2D eigenvalue weighted by molar-refractivity contribution is -0.133. The summed E-state index contributed by atoms with van der Waals surface area (Å²) in [5.41, 5.74) is 0. The molecule has 1 saturated carbocycles. The average molecular weight is 287 g/mol. The second-order valence-electron chi connectivity index (χ2n) is 6.48. The van der Waals surface area contributed by atoms with Gasteiger partial charge >= 0.3 is 0 Å². The third kappa shape index (κ3) is 2.61. The molecule has 2 heterocycles. The molecule has 1 amide bonds. The largest absolute Gasteiger partial charge is 0.339 e. The van der Waals surface area contributed by atoms with E-state index < -0.39 is 0 Å². The number of rotatable bonds is 4. The summed E-state index contributed by atoms with van der Waals surface area (Å²) in [7, 11) is 0. The van der Waals surface area contributed by atoms with Crippen LogP contribution in [0.15, 0.2) is 16.7 Å². The van der Waals surface area contributed by atoms with Crippen molar-refractivity contribution in [3.05, 3.63) is 23.9 Å². The van der Waals surface area contributed by atoms with Crippen molar-refractivity contribution in [2.24, 2.45) is 5.92 Å². The van der Waals surface area contributed by atoms with Gasteiger partial charge in [0.1, 0.15) is 0 Å². The molecule has 0 aromatic carbocycles. The van der Waals surface area contributed by atoms with Crippen molar-refractivity contribution in [1.82, 2.24) is 15.0 Å². The molecule has 0 bridgehead atoms. The van der Waals surface area contributed by atoms with Gasteiger partial charge in [0, 0.05) is 18.9 Å². The fourth-order valence-corrected chi connectivity index (χ4v) is 3.42. The van der Waals surface area contributed by atoms with E-state index in [2.05, 4.69) is 22.3 Å².